The third kappa shape index (κ3) is 4.10. The van der Waals surface area contributed by atoms with Gasteiger partial charge >= 0.3 is 0 Å². The Bertz CT molecular complexity index is 479. The first-order chi connectivity index (χ1) is 8.99. The van der Waals surface area contributed by atoms with E-state index < -0.39 is 11.9 Å². The molecule has 0 aromatic carbocycles. The quantitative estimate of drug-likeness (QED) is 0.754. The van der Waals surface area contributed by atoms with Crippen LogP contribution in [0, 0.1) is 0 Å². The zero-order valence-corrected chi connectivity index (χ0v) is 11.8. The molecule has 0 bridgehead atoms. The number of carbonyl (C=O) groups excluding carboxylic acids is 2. The second-order valence-electron chi connectivity index (χ2n) is 3.89. The first-order valence-corrected chi connectivity index (χ1v) is 6.29. The number of rotatable bonds is 5. The van der Waals surface area contributed by atoms with Crippen LogP contribution in [0.4, 0.5) is 5.82 Å². The largest absolute Gasteiger partial charge is 0.370 e. The van der Waals surface area contributed by atoms with Gasteiger partial charge in [-0.05, 0) is 19.9 Å². The Hall–Kier alpha value is -1.82. The van der Waals surface area contributed by atoms with Crippen LogP contribution in [-0.2, 0) is 4.79 Å². The average Bonchev–Trinajstić information content (AvgIpc) is 2.40. The van der Waals surface area contributed by atoms with Gasteiger partial charge in [-0.15, -0.1) is 0 Å². The second-order valence-corrected chi connectivity index (χ2v) is 4.30. The molecule has 0 aliphatic heterocycles. The summed E-state index contributed by atoms with van der Waals surface area (Å²) in [4.78, 5) is 27.4. The minimum absolute atomic E-state index is 0.239. The van der Waals surface area contributed by atoms with Crippen LogP contribution in [0.15, 0.2) is 12.3 Å². The topological polar surface area (TPSA) is 83.1 Å². The highest BCUT2D eigenvalue weighted by Crippen LogP contribution is 2.18. The van der Waals surface area contributed by atoms with Crippen molar-refractivity contribution in [3.05, 3.63) is 22.8 Å². The van der Waals surface area contributed by atoms with Gasteiger partial charge in [0.05, 0.1) is 10.6 Å². The standard InChI is InChI=1S/C12H17ClN4O2/c1-4-15-10-5-8(9(13)6-16-10)12(19)17-7(2)11(18)14-3/h5-7H,4H2,1-3H3,(H,14,18)(H,15,16)(H,17,19). The molecular weight excluding hydrogens is 268 g/mol. The van der Waals surface area contributed by atoms with E-state index in [2.05, 4.69) is 20.9 Å². The molecule has 2 amide bonds. The van der Waals surface area contributed by atoms with Crippen LogP contribution in [0.25, 0.3) is 0 Å². The molecule has 1 unspecified atom stereocenters. The second kappa shape index (κ2) is 6.94. The minimum Gasteiger partial charge on any atom is -0.370 e. The number of pyridine rings is 1. The third-order valence-electron chi connectivity index (χ3n) is 2.45. The fraction of sp³-hybridized carbons (Fsp3) is 0.417. The molecule has 104 valence electrons. The maximum Gasteiger partial charge on any atom is 0.253 e. The molecule has 0 spiro atoms. The Balaban J connectivity index is 2.86. The van der Waals surface area contributed by atoms with Gasteiger partial charge in [0.25, 0.3) is 5.91 Å². The fourth-order valence-corrected chi connectivity index (χ4v) is 1.64. The smallest absolute Gasteiger partial charge is 0.253 e. The molecule has 1 heterocycles. The summed E-state index contributed by atoms with van der Waals surface area (Å²) in [5.74, 6) is -0.127. The van der Waals surface area contributed by atoms with Gasteiger partial charge in [-0.1, -0.05) is 11.6 Å². The zero-order valence-electron chi connectivity index (χ0n) is 11.1. The summed E-state index contributed by atoms with van der Waals surface area (Å²) >= 11 is 5.94. The maximum atomic E-state index is 12.0. The molecule has 0 saturated heterocycles. The van der Waals surface area contributed by atoms with Gasteiger partial charge in [-0.25, -0.2) is 4.98 Å². The predicted molar refractivity (Wildman–Crippen MR) is 74.4 cm³/mol. The third-order valence-corrected chi connectivity index (χ3v) is 2.75. The van der Waals surface area contributed by atoms with Crippen molar-refractivity contribution >= 4 is 29.2 Å². The lowest BCUT2D eigenvalue weighted by atomic mass is 10.2. The molecule has 1 aromatic heterocycles. The molecule has 1 aromatic rings. The first-order valence-electron chi connectivity index (χ1n) is 5.91. The summed E-state index contributed by atoms with van der Waals surface area (Å²) < 4.78 is 0. The molecule has 0 radical (unpaired) electrons. The van der Waals surface area contributed by atoms with Crippen molar-refractivity contribution in [3.63, 3.8) is 0 Å². The van der Waals surface area contributed by atoms with Crippen LogP contribution in [0.2, 0.25) is 5.02 Å². The van der Waals surface area contributed by atoms with Gasteiger partial charge < -0.3 is 16.0 Å². The van der Waals surface area contributed by atoms with Gasteiger partial charge in [0, 0.05) is 19.8 Å². The molecule has 0 aliphatic carbocycles. The van der Waals surface area contributed by atoms with Crippen LogP contribution in [-0.4, -0.2) is 36.4 Å². The van der Waals surface area contributed by atoms with Gasteiger partial charge in [-0.3, -0.25) is 9.59 Å². The Morgan fingerprint density at radius 2 is 2.16 bits per heavy atom. The highest BCUT2D eigenvalue weighted by atomic mass is 35.5. The first kappa shape index (κ1) is 15.2. The van der Waals surface area contributed by atoms with Crippen LogP contribution in [0.5, 0.6) is 0 Å². The van der Waals surface area contributed by atoms with E-state index in [1.165, 1.54) is 13.2 Å². The van der Waals surface area contributed by atoms with E-state index in [0.29, 0.717) is 12.4 Å². The molecule has 0 saturated carbocycles. The van der Waals surface area contributed by atoms with E-state index in [1.54, 1.807) is 13.0 Å². The van der Waals surface area contributed by atoms with E-state index in [1.807, 2.05) is 6.92 Å². The van der Waals surface area contributed by atoms with Gasteiger partial charge in [-0.2, -0.15) is 0 Å². The van der Waals surface area contributed by atoms with Crippen LogP contribution in [0.3, 0.4) is 0 Å². The minimum atomic E-state index is -0.635. The monoisotopic (exact) mass is 284 g/mol. The Morgan fingerprint density at radius 1 is 1.47 bits per heavy atom. The van der Waals surface area contributed by atoms with Crippen molar-refractivity contribution < 1.29 is 9.59 Å². The Labute approximate surface area is 116 Å². The lowest BCUT2D eigenvalue weighted by molar-refractivity contribution is -0.122. The SMILES string of the molecule is CCNc1cc(C(=O)NC(C)C(=O)NC)c(Cl)cn1. The number of amides is 2. The number of halogens is 1. The van der Waals surface area contributed by atoms with E-state index >= 15 is 0 Å². The average molecular weight is 285 g/mol. The predicted octanol–water partition coefficient (Wildman–Crippen LogP) is 1.03. The Morgan fingerprint density at radius 3 is 2.74 bits per heavy atom. The van der Waals surface area contributed by atoms with Crippen molar-refractivity contribution in [2.75, 3.05) is 18.9 Å². The molecule has 0 fully saturated rings. The maximum absolute atomic E-state index is 12.0. The summed E-state index contributed by atoms with van der Waals surface area (Å²) in [6, 6.07) is 0.918. The van der Waals surface area contributed by atoms with E-state index in [9.17, 15) is 9.59 Å². The number of hydrogen-bond donors (Lipinski definition) is 3. The van der Waals surface area contributed by atoms with Crippen molar-refractivity contribution in [1.82, 2.24) is 15.6 Å². The van der Waals surface area contributed by atoms with E-state index in [4.69, 9.17) is 11.6 Å². The van der Waals surface area contributed by atoms with Crippen molar-refractivity contribution in [3.8, 4) is 0 Å². The van der Waals surface area contributed by atoms with Crippen molar-refractivity contribution in [1.29, 1.82) is 0 Å². The van der Waals surface area contributed by atoms with Crippen molar-refractivity contribution in [2.24, 2.45) is 0 Å². The van der Waals surface area contributed by atoms with Gasteiger partial charge in [0.1, 0.15) is 11.9 Å². The molecule has 6 nitrogen and oxygen atoms in total. The molecule has 19 heavy (non-hydrogen) atoms. The summed E-state index contributed by atoms with van der Waals surface area (Å²) in [6.45, 7) is 4.20. The molecule has 0 aliphatic rings. The fourth-order valence-electron chi connectivity index (χ4n) is 1.45. The normalized spacial score (nSPS) is 11.6. The summed E-state index contributed by atoms with van der Waals surface area (Å²) in [5.41, 5.74) is 0.281. The number of aromatic nitrogens is 1. The van der Waals surface area contributed by atoms with E-state index in [-0.39, 0.29) is 16.5 Å². The lowest BCUT2D eigenvalue weighted by Gasteiger charge is -2.13. The van der Waals surface area contributed by atoms with Crippen LogP contribution >= 0.6 is 11.6 Å². The number of anilines is 1. The highest BCUT2D eigenvalue weighted by molar-refractivity contribution is 6.33. The Kier molecular flexibility index (Phi) is 5.57. The molecule has 3 N–H and O–H groups in total. The number of nitrogens with one attached hydrogen (secondary N) is 3. The number of hydrogen-bond acceptors (Lipinski definition) is 4. The number of nitrogens with zero attached hydrogens (tertiary/aromatic N) is 1. The number of likely N-dealkylation sites (N-methyl/N-ethyl adjacent to an activating group) is 1. The summed E-state index contributed by atoms with van der Waals surface area (Å²) in [7, 11) is 1.51. The summed E-state index contributed by atoms with van der Waals surface area (Å²) in [6.07, 6.45) is 1.40. The molecular formula is C12H17ClN4O2. The van der Waals surface area contributed by atoms with Crippen LogP contribution < -0.4 is 16.0 Å². The molecule has 1 atom stereocenters. The highest BCUT2D eigenvalue weighted by Gasteiger charge is 2.17. The van der Waals surface area contributed by atoms with E-state index in [0.717, 1.165) is 0 Å². The van der Waals surface area contributed by atoms with Crippen LogP contribution in [0.1, 0.15) is 24.2 Å². The van der Waals surface area contributed by atoms with Crippen molar-refractivity contribution in [2.45, 2.75) is 19.9 Å². The van der Waals surface area contributed by atoms with Gasteiger partial charge in [0.2, 0.25) is 5.91 Å². The number of carbonyl (C=O) groups is 2. The summed E-state index contributed by atoms with van der Waals surface area (Å²) in [5, 5.41) is 8.25. The lowest BCUT2D eigenvalue weighted by Crippen LogP contribution is -2.43. The zero-order chi connectivity index (χ0) is 14.4. The molecule has 1 rings (SSSR count). The van der Waals surface area contributed by atoms with Gasteiger partial charge in [0.15, 0.2) is 0 Å². The molecule has 7 heteroatoms.